The number of esters is 1. The predicted octanol–water partition coefficient (Wildman–Crippen LogP) is -0.579. The Kier molecular flexibility index (Phi) is 9.64. The molecule has 3 N–H and O–H groups in total. The normalized spacial score (nSPS) is 10.1. The molecule has 0 aliphatic heterocycles. The first-order chi connectivity index (χ1) is 7.66. The topological polar surface area (TPSA) is 90.7 Å². The van der Waals surface area contributed by atoms with Gasteiger partial charge < -0.3 is 20.5 Å². The molecule has 0 saturated heterocycles. The fourth-order valence-electron chi connectivity index (χ4n) is 1.02. The average Bonchev–Trinajstić information content (AvgIpc) is 2.22. The van der Waals surface area contributed by atoms with Crippen molar-refractivity contribution in [1.82, 2.24) is 5.32 Å². The van der Waals surface area contributed by atoms with Crippen LogP contribution in [0.15, 0.2) is 0 Å². The number of nitrogens with one attached hydrogen (secondary N) is 1. The van der Waals surface area contributed by atoms with Gasteiger partial charge in [0, 0.05) is 13.0 Å². The molecular weight excluding hydrogens is 212 g/mol. The van der Waals surface area contributed by atoms with Crippen LogP contribution in [0.2, 0.25) is 0 Å². The lowest BCUT2D eigenvalue weighted by Crippen LogP contribution is -2.24. The Hall–Kier alpha value is -1.14. The zero-order valence-corrected chi connectivity index (χ0v) is 9.66. The van der Waals surface area contributed by atoms with Gasteiger partial charge >= 0.3 is 5.97 Å². The van der Waals surface area contributed by atoms with Crippen molar-refractivity contribution in [1.29, 1.82) is 0 Å². The number of amides is 1. The Labute approximate surface area is 95.5 Å². The molecule has 0 radical (unpaired) electrons. The van der Waals surface area contributed by atoms with E-state index >= 15 is 0 Å². The minimum absolute atomic E-state index is 0.0171. The van der Waals surface area contributed by atoms with E-state index in [1.165, 1.54) is 0 Å². The highest BCUT2D eigenvalue weighted by Gasteiger charge is 2.00. The van der Waals surface area contributed by atoms with Gasteiger partial charge in [-0.25, -0.2) is 4.79 Å². The average molecular weight is 232 g/mol. The van der Waals surface area contributed by atoms with Crippen molar-refractivity contribution in [3.05, 3.63) is 0 Å². The molecule has 0 unspecified atom stereocenters. The van der Waals surface area contributed by atoms with Crippen LogP contribution in [-0.2, 0) is 19.1 Å². The second-order valence-corrected chi connectivity index (χ2v) is 3.18. The summed E-state index contributed by atoms with van der Waals surface area (Å²) in [4.78, 5) is 21.2. The van der Waals surface area contributed by atoms with Gasteiger partial charge in [0.15, 0.2) is 0 Å². The lowest BCUT2D eigenvalue weighted by molar-refractivity contribution is -0.148. The number of hydrogen-bond donors (Lipinski definition) is 2. The molecule has 0 aromatic carbocycles. The molecular formula is C10H20N2O4. The molecule has 16 heavy (non-hydrogen) atoms. The number of rotatable bonds is 10. The maximum absolute atomic E-state index is 10.8. The van der Waals surface area contributed by atoms with Gasteiger partial charge in [-0.1, -0.05) is 0 Å². The van der Waals surface area contributed by atoms with Gasteiger partial charge in [-0.05, 0) is 19.9 Å². The van der Waals surface area contributed by atoms with Crippen molar-refractivity contribution in [3.63, 3.8) is 0 Å². The van der Waals surface area contributed by atoms with Crippen molar-refractivity contribution in [2.24, 2.45) is 5.73 Å². The van der Waals surface area contributed by atoms with E-state index in [0.717, 1.165) is 0 Å². The number of carbonyl (C=O) groups excluding carboxylic acids is 2. The van der Waals surface area contributed by atoms with E-state index in [9.17, 15) is 9.59 Å². The molecule has 1 amide bonds. The minimum atomic E-state index is -0.351. The van der Waals surface area contributed by atoms with Crippen molar-refractivity contribution < 1.29 is 19.1 Å². The monoisotopic (exact) mass is 232 g/mol. The fraction of sp³-hybridized carbons (Fsp3) is 0.800. The van der Waals surface area contributed by atoms with Crippen LogP contribution in [0, 0.1) is 0 Å². The van der Waals surface area contributed by atoms with E-state index in [2.05, 4.69) is 10.1 Å². The van der Waals surface area contributed by atoms with Gasteiger partial charge in [0.2, 0.25) is 5.91 Å². The lowest BCUT2D eigenvalue weighted by Gasteiger charge is -2.05. The molecule has 0 aliphatic rings. The highest BCUT2D eigenvalue weighted by molar-refractivity contribution is 5.73. The second kappa shape index (κ2) is 10.4. The van der Waals surface area contributed by atoms with Crippen LogP contribution in [0.25, 0.3) is 0 Å². The predicted molar refractivity (Wildman–Crippen MR) is 58.8 cm³/mol. The lowest BCUT2D eigenvalue weighted by atomic mass is 10.3. The maximum atomic E-state index is 10.8. The van der Waals surface area contributed by atoms with Crippen molar-refractivity contribution in [2.45, 2.75) is 19.8 Å². The SMILES string of the molecule is CCOC(=O)COCCNCCCC(N)=O. The maximum Gasteiger partial charge on any atom is 0.332 e. The molecule has 0 rings (SSSR count). The van der Waals surface area contributed by atoms with E-state index in [1.54, 1.807) is 6.92 Å². The standard InChI is InChI=1S/C10H20N2O4/c1-2-16-10(14)8-15-7-6-12-5-3-4-9(11)13/h12H,2-8H2,1H3,(H2,11,13). The quantitative estimate of drug-likeness (QED) is 0.388. The molecule has 0 spiro atoms. The number of hydrogen-bond acceptors (Lipinski definition) is 5. The summed E-state index contributed by atoms with van der Waals surface area (Å²) in [7, 11) is 0. The molecule has 6 heteroatoms. The molecule has 0 heterocycles. The van der Waals surface area contributed by atoms with Crippen LogP contribution in [0.1, 0.15) is 19.8 Å². The van der Waals surface area contributed by atoms with Gasteiger partial charge in [0.05, 0.1) is 13.2 Å². The Morgan fingerprint density at radius 2 is 2.06 bits per heavy atom. The van der Waals surface area contributed by atoms with Crippen LogP contribution in [0.5, 0.6) is 0 Å². The Bertz CT molecular complexity index is 209. The van der Waals surface area contributed by atoms with E-state index in [4.69, 9.17) is 10.5 Å². The highest BCUT2D eigenvalue weighted by atomic mass is 16.6. The summed E-state index contributed by atoms with van der Waals surface area (Å²) in [6, 6.07) is 0. The van der Waals surface area contributed by atoms with E-state index < -0.39 is 0 Å². The number of nitrogens with two attached hydrogens (primary N) is 1. The number of primary amides is 1. The van der Waals surface area contributed by atoms with Crippen LogP contribution in [0.3, 0.4) is 0 Å². The Morgan fingerprint density at radius 3 is 2.69 bits per heavy atom. The Balaban J connectivity index is 3.09. The summed E-state index contributed by atoms with van der Waals surface area (Å²) in [5.41, 5.74) is 4.97. The summed E-state index contributed by atoms with van der Waals surface area (Å²) in [6.07, 6.45) is 1.10. The van der Waals surface area contributed by atoms with E-state index in [1.807, 2.05) is 0 Å². The van der Waals surface area contributed by atoms with Gasteiger partial charge in [0.25, 0.3) is 0 Å². The molecule has 0 atom stereocenters. The van der Waals surface area contributed by atoms with Crippen LogP contribution < -0.4 is 11.1 Å². The zero-order valence-electron chi connectivity index (χ0n) is 9.66. The van der Waals surface area contributed by atoms with Gasteiger partial charge in [-0.15, -0.1) is 0 Å². The van der Waals surface area contributed by atoms with Gasteiger partial charge in [-0.2, -0.15) is 0 Å². The number of carbonyl (C=O) groups is 2. The first-order valence-electron chi connectivity index (χ1n) is 5.39. The molecule has 0 aliphatic carbocycles. The second-order valence-electron chi connectivity index (χ2n) is 3.18. The summed E-state index contributed by atoms with van der Waals surface area (Å²) in [6.45, 7) is 3.89. The zero-order chi connectivity index (χ0) is 12.2. The molecule has 0 fully saturated rings. The summed E-state index contributed by atoms with van der Waals surface area (Å²) >= 11 is 0. The summed E-state index contributed by atoms with van der Waals surface area (Å²) in [5, 5.41) is 3.06. The summed E-state index contributed by atoms with van der Waals surface area (Å²) in [5.74, 6) is -0.642. The van der Waals surface area contributed by atoms with Crippen LogP contribution >= 0.6 is 0 Å². The third-order valence-corrected chi connectivity index (χ3v) is 1.73. The van der Waals surface area contributed by atoms with Crippen molar-refractivity contribution >= 4 is 11.9 Å². The number of ether oxygens (including phenoxy) is 2. The van der Waals surface area contributed by atoms with Gasteiger partial charge in [0.1, 0.15) is 6.61 Å². The fourth-order valence-corrected chi connectivity index (χ4v) is 1.02. The summed E-state index contributed by atoms with van der Waals surface area (Å²) < 4.78 is 9.72. The third-order valence-electron chi connectivity index (χ3n) is 1.73. The third kappa shape index (κ3) is 10.9. The molecule has 0 saturated carbocycles. The van der Waals surface area contributed by atoms with Crippen molar-refractivity contribution in [3.8, 4) is 0 Å². The first kappa shape index (κ1) is 14.9. The molecule has 0 aromatic rings. The van der Waals surface area contributed by atoms with E-state index in [0.29, 0.717) is 39.1 Å². The van der Waals surface area contributed by atoms with Gasteiger partial charge in [-0.3, -0.25) is 4.79 Å². The molecule has 0 aromatic heterocycles. The molecule has 0 bridgehead atoms. The molecule has 6 nitrogen and oxygen atoms in total. The minimum Gasteiger partial charge on any atom is -0.464 e. The largest absolute Gasteiger partial charge is 0.464 e. The van der Waals surface area contributed by atoms with Crippen LogP contribution in [0.4, 0.5) is 0 Å². The van der Waals surface area contributed by atoms with Crippen LogP contribution in [-0.4, -0.2) is 44.8 Å². The smallest absolute Gasteiger partial charge is 0.332 e. The Morgan fingerprint density at radius 1 is 1.31 bits per heavy atom. The molecule has 94 valence electrons. The first-order valence-corrected chi connectivity index (χ1v) is 5.39. The van der Waals surface area contributed by atoms with E-state index in [-0.39, 0.29) is 18.5 Å². The van der Waals surface area contributed by atoms with Crippen molar-refractivity contribution in [2.75, 3.05) is 32.9 Å². The highest BCUT2D eigenvalue weighted by Crippen LogP contribution is 1.84.